The van der Waals surface area contributed by atoms with Crippen LogP contribution in [0.1, 0.15) is 16.4 Å². The van der Waals surface area contributed by atoms with Crippen LogP contribution in [0.3, 0.4) is 0 Å². The van der Waals surface area contributed by atoms with E-state index < -0.39 is 0 Å². The van der Waals surface area contributed by atoms with Crippen molar-refractivity contribution in [2.24, 2.45) is 7.05 Å². The van der Waals surface area contributed by atoms with Crippen molar-refractivity contribution in [3.8, 4) is 6.01 Å². The Labute approximate surface area is 137 Å². The molecule has 9 heteroatoms. The number of aromatic amines is 1. The normalized spacial score (nSPS) is 11.0. The Kier molecular flexibility index (Phi) is 3.91. The van der Waals surface area contributed by atoms with Crippen LogP contribution in [0.15, 0.2) is 18.2 Å². The number of H-pyrrole nitrogens is 1. The Morgan fingerprint density at radius 1 is 1.43 bits per heavy atom. The van der Waals surface area contributed by atoms with Gasteiger partial charge in [0.25, 0.3) is 5.91 Å². The Morgan fingerprint density at radius 2 is 2.22 bits per heavy atom. The van der Waals surface area contributed by atoms with Gasteiger partial charge in [-0.25, -0.2) is 9.67 Å². The monoisotopic (exact) mass is 334 g/mol. The molecule has 0 aliphatic heterocycles. The summed E-state index contributed by atoms with van der Waals surface area (Å²) in [6.45, 7) is 0.297. The number of halogens is 1. The molecule has 0 radical (unpaired) electrons. The van der Waals surface area contributed by atoms with Gasteiger partial charge < -0.3 is 14.6 Å². The topological polar surface area (TPSA) is 88.9 Å². The second-order valence-electron chi connectivity index (χ2n) is 5.05. The number of carbonyl (C=O) groups excluding carboxylic acids is 1. The lowest BCUT2D eigenvalue weighted by Gasteiger charge is -2.13. The Balaban J connectivity index is 1.78. The number of ether oxygens (including phenoxy) is 1. The molecular formula is C14H15ClN6O2. The lowest BCUT2D eigenvalue weighted by molar-refractivity contribution is 0.0769. The molecule has 0 atom stereocenters. The number of rotatable bonds is 4. The molecule has 3 rings (SSSR count). The SMILES string of the molecule is COc1nc(C(=O)N(C)Cc2nc3ccc(Cl)cc3[nH]2)nn1C. The fraction of sp³-hybridized carbons (Fsp3) is 0.286. The molecule has 0 saturated carbocycles. The summed E-state index contributed by atoms with van der Waals surface area (Å²) in [7, 11) is 4.79. The molecule has 0 saturated heterocycles. The molecule has 0 bridgehead atoms. The van der Waals surface area contributed by atoms with Gasteiger partial charge in [-0.3, -0.25) is 4.79 Å². The van der Waals surface area contributed by atoms with Gasteiger partial charge in [0, 0.05) is 19.1 Å². The van der Waals surface area contributed by atoms with Crippen molar-refractivity contribution in [3.63, 3.8) is 0 Å². The molecule has 0 spiro atoms. The highest BCUT2D eigenvalue weighted by atomic mass is 35.5. The molecule has 0 aliphatic carbocycles. The lowest BCUT2D eigenvalue weighted by Crippen LogP contribution is -2.27. The Bertz CT molecular complexity index is 871. The van der Waals surface area contributed by atoms with Crippen LogP contribution in [0.25, 0.3) is 11.0 Å². The Hall–Kier alpha value is -2.61. The molecule has 1 N–H and O–H groups in total. The van der Waals surface area contributed by atoms with Crippen LogP contribution >= 0.6 is 11.6 Å². The third-order valence-corrected chi connectivity index (χ3v) is 3.56. The summed E-state index contributed by atoms with van der Waals surface area (Å²) in [5, 5.41) is 4.67. The quantitative estimate of drug-likeness (QED) is 0.783. The van der Waals surface area contributed by atoms with Gasteiger partial charge in [-0.15, -0.1) is 5.10 Å². The maximum absolute atomic E-state index is 12.4. The minimum atomic E-state index is -0.317. The first-order chi connectivity index (χ1) is 11.0. The number of methoxy groups -OCH3 is 1. The number of benzene rings is 1. The van der Waals surface area contributed by atoms with Crippen LogP contribution in [0, 0.1) is 0 Å². The third-order valence-electron chi connectivity index (χ3n) is 3.32. The van der Waals surface area contributed by atoms with Gasteiger partial charge in [-0.05, 0) is 18.2 Å². The van der Waals surface area contributed by atoms with Crippen molar-refractivity contribution >= 4 is 28.5 Å². The zero-order chi connectivity index (χ0) is 16.6. The Morgan fingerprint density at radius 3 is 2.91 bits per heavy atom. The predicted octanol–water partition coefficient (Wildman–Crippen LogP) is 1.63. The van der Waals surface area contributed by atoms with E-state index in [2.05, 4.69) is 20.1 Å². The van der Waals surface area contributed by atoms with Crippen LogP contribution in [0.4, 0.5) is 0 Å². The predicted molar refractivity (Wildman–Crippen MR) is 84.5 cm³/mol. The van der Waals surface area contributed by atoms with Crippen LogP contribution < -0.4 is 4.74 Å². The summed E-state index contributed by atoms with van der Waals surface area (Å²) in [6, 6.07) is 5.67. The van der Waals surface area contributed by atoms with E-state index in [1.54, 1.807) is 26.2 Å². The van der Waals surface area contributed by atoms with Crippen molar-refractivity contribution in [3.05, 3.63) is 34.9 Å². The number of imidazole rings is 1. The minimum Gasteiger partial charge on any atom is -0.467 e. The minimum absolute atomic E-state index is 0.0750. The molecule has 23 heavy (non-hydrogen) atoms. The van der Waals surface area contributed by atoms with Crippen molar-refractivity contribution in [2.75, 3.05) is 14.2 Å². The molecular weight excluding hydrogens is 320 g/mol. The zero-order valence-electron chi connectivity index (χ0n) is 12.9. The number of fused-ring (bicyclic) bond motifs is 1. The van der Waals surface area contributed by atoms with Gasteiger partial charge in [0.1, 0.15) is 5.82 Å². The largest absolute Gasteiger partial charge is 0.467 e. The number of hydrogen-bond donors (Lipinski definition) is 1. The number of amides is 1. The first-order valence-electron chi connectivity index (χ1n) is 6.82. The van der Waals surface area contributed by atoms with Crippen LogP contribution in [0.2, 0.25) is 5.02 Å². The van der Waals surface area contributed by atoms with E-state index in [0.717, 1.165) is 11.0 Å². The first kappa shape index (κ1) is 15.3. The summed E-state index contributed by atoms with van der Waals surface area (Å²) in [6.07, 6.45) is 0. The highest BCUT2D eigenvalue weighted by molar-refractivity contribution is 6.31. The fourth-order valence-electron chi connectivity index (χ4n) is 2.22. The summed E-state index contributed by atoms with van der Waals surface area (Å²) in [4.78, 5) is 25.5. The molecule has 1 amide bonds. The first-order valence-corrected chi connectivity index (χ1v) is 7.20. The van der Waals surface area contributed by atoms with Crippen LogP contribution in [-0.4, -0.2) is 49.7 Å². The zero-order valence-corrected chi connectivity index (χ0v) is 13.6. The van der Waals surface area contributed by atoms with E-state index in [1.165, 1.54) is 16.7 Å². The highest BCUT2D eigenvalue weighted by Crippen LogP contribution is 2.18. The molecule has 2 aromatic heterocycles. The fourth-order valence-corrected chi connectivity index (χ4v) is 2.39. The van der Waals surface area contributed by atoms with Crippen molar-refractivity contribution in [1.82, 2.24) is 29.6 Å². The average Bonchev–Trinajstić information content (AvgIpc) is 3.08. The summed E-state index contributed by atoms with van der Waals surface area (Å²) in [5.41, 5.74) is 1.62. The standard InChI is InChI=1S/C14H15ClN6O2/c1-20(13(22)12-18-14(23-3)21(2)19-12)7-11-16-9-5-4-8(15)6-10(9)17-11/h4-6H,7H2,1-3H3,(H,16,17). The van der Waals surface area contributed by atoms with Gasteiger partial charge in [0.05, 0.1) is 24.7 Å². The molecule has 120 valence electrons. The third kappa shape index (κ3) is 2.98. The van der Waals surface area contributed by atoms with E-state index >= 15 is 0 Å². The molecule has 0 unspecified atom stereocenters. The van der Waals surface area contributed by atoms with Crippen molar-refractivity contribution in [1.29, 1.82) is 0 Å². The number of carbonyl (C=O) groups is 1. The van der Waals surface area contributed by atoms with Crippen molar-refractivity contribution in [2.45, 2.75) is 6.54 Å². The molecule has 1 aromatic carbocycles. The van der Waals surface area contributed by atoms with Gasteiger partial charge in [-0.2, -0.15) is 4.98 Å². The van der Waals surface area contributed by atoms with Gasteiger partial charge in [-0.1, -0.05) is 11.6 Å². The lowest BCUT2D eigenvalue weighted by atomic mass is 10.3. The number of aryl methyl sites for hydroxylation is 1. The second kappa shape index (κ2) is 5.88. The molecule has 0 aliphatic rings. The van der Waals surface area contributed by atoms with Gasteiger partial charge in [0.2, 0.25) is 5.82 Å². The number of hydrogen-bond acceptors (Lipinski definition) is 5. The van der Waals surface area contributed by atoms with E-state index in [0.29, 0.717) is 17.4 Å². The molecule has 8 nitrogen and oxygen atoms in total. The average molecular weight is 335 g/mol. The van der Waals surface area contributed by atoms with E-state index in [1.807, 2.05) is 6.07 Å². The summed E-state index contributed by atoms with van der Waals surface area (Å²) in [5.74, 6) is 0.411. The van der Waals surface area contributed by atoms with E-state index in [9.17, 15) is 4.79 Å². The maximum Gasteiger partial charge on any atom is 0.314 e. The number of nitrogens with one attached hydrogen (secondary N) is 1. The number of aromatic nitrogens is 5. The summed E-state index contributed by atoms with van der Waals surface area (Å²) >= 11 is 5.95. The highest BCUT2D eigenvalue weighted by Gasteiger charge is 2.20. The van der Waals surface area contributed by atoms with E-state index in [4.69, 9.17) is 16.3 Å². The smallest absolute Gasteiger partial charge is 0.314 e. The second-order valence-corrected chi connectivity index (χ2v) is 5.49. The van der Waals surface area contributed by atoms with Gasteiger partial charge >= 0.3 is 6.01 Å². The molecule has 2 heterocycles. The van der Waals surface area contributed by atoms with Gasteiger partial charge in [0.15, 0.2) is 0 Å². The van der Waals surface area contributed by atoms with Crippen LogP contribution in [-0.2, 0) is 13.6 Å². The number of nitrogens with zero attached hydrogens (tertiary/aromatic N) is 5. The van der Waals surface area contributed by atoms with Crippen molar-refractivity contribution < 1.29 is 9.53 Å². The molecule has 0 fully saturated rings. The maximum atomic E-state index is 12.4. The summed E-state index contributed by atoms with van der Waals surface area (Å²) < 4.78 is 6.42. The van der Waals surface area contributed by atoms with Crippen LogP contribution in [0.5, 0.6) is 6.01 Å². The van der Waals surface area contributed by atoms with E-state index in [-0.39, 0.29) is 17.7 Å². The molecule has 3 aromatic rings.